The SMILES string of the molecule is CC(C(=O)NC1CCCC1)N(Cc1c(Cl)cccc1Cl)C(=O)CCCN(c1cccc(C(F)(F)F)c1)S(C)(=O)=O. The highest BCUT2D eigenvalue weighted by atomic mass is 35.5. The molecule has 0 heterocycles. The van der Waals surface area contributed by atoms with E-state index in [9.17, 15) is 31.2 Å². The Morgan fingerprint density at radius 1 is 1.07 bits per heavy atom. The van der Waals surface area contributed by atoms with Crippen LogP contribution in [0.5, 0.6) is 0 Å². The van der Waals surface area contributed by atoms with Gasteiger partial charge in [-0.1, -0.05) is 48.2 Å². The van der Waals surface area contributed by atoms with Gasteiger partial charge in [0.2, 0.25) is 21.8 Å². The van der Waals surface area contributed by atoms with Crippen LogP contribution in [0.3, 0.4) is 0 Å². The van der Waals surface area contributed by atoms with Crippen LogP contribution in [0.2, 0.25) is 10.0 Å². The van der Waals surface area contributed by atoms with Crippen LogP contribution < -0.4 is 9.62 Å². The van der Waals surface area contributed by atoms with E-state index in [1.807, 2.05) is 0 Å². The third-order valence-corrected chi connectivity index (χ3v) is 8.77. The number of alkyl halides is 3. The van der Waals surface area contributed by atoms with E-state index in [-0.39, 0.29) is 43.6 Å². The lowest BCUT2D eigenvalue weighted by Gasteiger charge is -2.31. The summed E-state index contributed by atoms with van der Waals surface area (Å²) in [5, 5.41) is 3.63. The molecule has 0 radical (unpaired) electrons. The highest BCUT2D eigenvalue weighted by Gasteiger charge is 2.32. The van der Waals surface area contributed by atoms with Crippen molar-refractivity contribution in [2.45, 2.75) is 70.3 Å². The van der Waals surface area contributed by atoms with Gasteiger partial charge in [-0.2, -0.15) is 13.2 Å². The largest absolute Gasteiger partial charge is 0.416 e. The van der Waals surface area contributed by atoms with Crippen molar-refractivity contribution in [3.8, 4) is 0 Å². The van der Waals surface area contributed by atoms with Crippen molar-refractivity contribution in [3.05, 3.63) is 63.6 Å². The molecule has 0 aromatic heterocycles. The van der Waals surface area contributed by atoms with Gasteiger partial charge in [-0.05, 0) is 56.5 Å². The molecule has 1 fully saturated rings. The number of rotatable bonds is 11. The molecule has 0 saturated heterocycles. The van der Waals surface area contributed by atoms with Crippen molar-refractivity contribution in [1.82, 2.24) is 10.2 Å². The third-order valence-electron chi connectivity index (χ3n) is 6.87. The summed E-state index contributed by atoms with van der Waals surface area (Å²) in [6, 6.07) is 8.04. The summed E-state index contributed by atoms with van der Waals surface area (Å²) in [5.41, 5.74) is -0.685. The van der Waals surface area contributed by atoms with Crippen LogP contribution in [0.15, 0.2) is 42.5 Å². The van der Waals surface area contributed by atoms with Crippen LogP contribution in [-0.2, 0) is 32.3 Å². The van der Waals surface area contributed by atoms with Gasteiger partial charge in [0.25, 0.3) is 0 Å². The molecule has 1 N–H and O–H groups in total. The molecule has 1 saturated carbocycles. The second-order valence-corrected chi connectivity index (χ2v) is 12.6. The van der Waals surface area contributed by atoms with Crippen LogP contribution in [0, 0.1) is 0 Å². The number of nitrogens with zero attached hydrogens (tertiary/aromatic N) is 2. The van der Waals surface area contributed by atoms with Crippen LogP contribution >= 0.6 is 23.2 Å². The first kappa shape index (κ1) is 32.0. The third kappa shape index (κ3) is 8.50. The second kappa shape index (κ2) is 13.4. The fraction of sp³-hybridized carbons (Fsp3) is 0.481. The van der Waals surface area contributed by atoms with Crippen molar-refractivity contribution in [1.29, 1.82) is 0 Å². The summed E-state index contributed by atoms with van der Waals surface area (Å²) >= 11 is 12.7. The molecule has 2 amide bonds. The highest BCUT2D eigenvalue weighted by Crippen LogP contribution is 2.32. The average molecular weight is 623 g/mol. The number of sulfonamides is 1. The van der Waals surface area contributed by atoms with E-state index in [1.165, 1.54) is 11.0 Å². The average Bonchev–Trinajstić information content (AvgIpc) is 3.38. The zero-order valence-corrected chi connectivity index (χ0v) is 24.5. The quantitative estimate of drug-likeness (QED) is 0.332. The van der Waals surface area contributed by atoms with E-state index in [4.69, 9.17) is 23.2 Å². The first-order valence-electron chi connectivity index (χ1n) is 12.9. The number of hydrogen-bond acceptors (Lipinski definition) is 4. The molecule has 7 nitrogen and oxygen atoms in total. The fourth-order valence-corrected chi connectivity index (χ4v) is 6.14. The van der Waals surface area contributed by atoms with Gasteiger partial charge < -0.3 is 10.2 Å². The van der Waals surface area contributed by atoms with Crippen molar-refractivity contribution in [2.24, 2.45) is 0 Å². The van der Waals surface area contributed by atoms with Gasteiger partial charge in [0.15, 0.2) is 0 Å². The molecule has 13 heteroatoms. The predicted octanol–water partition coefficient (Wildman–Crippen LogP) is 6.03. The summed E-state index contributed by atoms with van der Waals surface area (Å²) in [5.74, 6) is -0.785. The molecule has 40 heavy (non-hydrogen) atoms. The monoisotopic (exact) mass is 621 g/mol. The molecule has 1 atom stereocenters. The standard InChI is InChI=1S/C27H32Cl2F3N3O4S/c1-18(26(37)33-20-9-3-4-10-20)34(17-22-23(28)12-6-13-24(22)29)25(36)14-7-15-35(40(2,38)39)21-11-5-8-19(16-21)27(30,31)32/h5-6,8,11-13,16,18,20H,3-4,7,9-10,14-15,17H2,1-2H3,(H,33,37). The highest BCUT2D eigenvalue weighted by molar-refractivity contribution is 7.92. The fourth-order valence-electron chi connectivity index (χ4n) is 4.67. The lowest BCUT2D eigenvalue weighted by molar-refractivity contribution is -0.141. The molecule has 220 valence electrons. The first-order valence-corrected chi connectivity index (χ1v) is 15.5. The minimum Gasteiger partial charge on any atom is -0.352 e. The number of amides is 2. The Balaban J connectivity index is 1.78. The number of carbonyl (C=O) groups excluding carboxylic acids is 2. The Morgan fingerprint density at radius 2 is 1.68 bits per heavy atom. The van der Waals surface area contributed by atoms with Gasteiger partial charge in [0, 0.05) is 41.2 Å². The lowest BCUT2D eigenvalue weighted by Crippen LogP contribution is -2.49. The van der Waals surface area contributed by atoms with Gasteiger partial charge in [0.05, 0.1) is 17.5 Å². The number of halogens is 5. The molecular formula is C27H32Cl2F3N3O4S. The summed E-state index contributed by atoms with van der Waals surface area (Å²) < 4.78 is 65.4. The maximum absolute atomic E-state index is 13.4. The molecular weight excluding hydrogens is 590 g/mol. The number of hydrogen-bond donors (Lipinski definition) is 1. The minimum atomic E-state index is -4.65. The zero-order valence-electron chi connectivity index (χ0n) is 22.2. The Hall–Kier alpha value is -2.50. The molecule has 1 aliphatic rings. The number of nitrogens with one attached hydrogen (secondary N) is 1. The molecule has 2 aromatic rings. The second-order valence-electron chi connectivity index (χ2n) is 9.87. The van der Waals surface area contributed by atoms with E-state index in [1.54, 1.807) is 25.1 Å². The summed E-state index contributed by atoms with van der Waals surface area (Å²) in [6.07, 6.45) is -0.194. The predicted molar refractivity (Wildman–Crippen MR) is 150 cm³/mol. The molecule has 2 aromatic carbocycles. The molecule has 1 aliphatic carbocycles. The maximum Gasteiger partial charge on any atom is 0.416 e. The van der Waals surface area contributed by atoms with Crippen LogP contribution in [0.25, 0.3) is 0 Å². The summed E-state index contributed by atoms with van der Waals surface area (Å²) in [4.78, 5) is 27.9. The van der Waals surface area contributed by atoms with Crippen LogP contribution in [-0.4, -0.2) is 50.0 Å². The van der Waals surface area contributed by atoms with Gasteiger partial charge in [-0.15, -0.1) is 0 Å². The Morgan fingerprint density at radius 3 is 2.25 bits per heavy atom. The first-order chi connectivity index (χ1) is 18.7. The number of anilines is 1. The van der Waals surface area contributed by atoms with Crippen molar-refractivity contribution < 1.29 is 31.2 Å². The maximum atomic E-state index is 13.4. The van der Waals surface area contributed by atoms with Gasteiger partial charge in [0.1, 0.15) is 6.04 Å². The normalized spacial score (nSPS) is 15.1. The zero-order chi connectivity index (χ0) is 29.7. The van der Waals surface area contributed by atoms with E-state index in [0.717, 1.165) is 54.4 Å². The Bertz CT molecular complexity index is 1300. The molecule has 1 unspecified atom stereocenters. The van der Waals surface area contributed by atoms with Crippen molar-refractivity contribution in [2.75, 3.05) is 17.1 Å². The summed E-state index contributed by atoms with van der Waals surface area (Å²) in [7, 11) is -3.96. The van der Waals surface area contributed by atoms with E-state index in [0.29, 0.717) is 15.6 Å². The van der Waals surface area contributed by atoms with Crippen LogP contribution in [0.4, 0.5) is 18.9 Å². The van der Waals surface area contributed by atoms with Crippen molar-refractivity contribution >= 4 is 50.7 Å². The van der Waals surface area contributed by atoms with Gasteiger partial charge >= 0.3 is 6.18 Å². The smallest absolute Gasteiger partial charge is 0.352 e. The molecule has 0 bridgehead atoms. The molecule has 3 rings (SSSR count). The van der Waals surface area contributed by atoms with E-state index >= 15 is 0 Å². The Labute approximate surface area is 242 Å². The number of benzene rings is 2. The van der Waals surface area contributed by atoms with Gasteiger partial charge in [-0.3, -0.25) is 13.9 Å². The lowest BCUT2D eigenvalue weighted by atomic mass is 10.1. The number of carbonyl (C=O) groups is 2. The minimum absolute atomic E-state index is 0.00807. The van der Waals surface area contributed by atoms with Crippen LogP contribution in [0.1, 0.15) is 56.6 Å². The molecule has 0 spiro atoms. The van der Waals surface area contributed by atoms with Gasteiger partial charge in [-0.25, -0.2) is 8.42 Å². The molecule has 0 aliphatic heterocycles. The van der Waals surface area contributed by atoms with Crippen molar-refractivity contribution in [3.63, 3.8) is 0 Å². The Kier molecular flexibility index (Phi) is 10.8. The topological polar surface area (TPSA) is 86.8 Å². The van der Waals surface area contributed by atoms with E-state index < -0.39 is 33.7 Å². The van der Waals surface area contributed by atoms with E-state index in [2.05, 4.69) is 5.32 Å². The summed E-state index contributed by atoms with van der Waals surface area (Å²) in [6.45, 7) is 1.30.